The number of hydrogen-bond acceptors (Lipinski definition) is 3. The summed E-state index contributed by atoms with van der Waals surface area (Å²) in [5.74, 6) is -0.123. The maximum absolute atomic E-state index is 10.8. The van der Waals surface area contributed by atoms with Crippen LogP contribution in [0, 0.1) is 5.41 Å². The predicted octanol–water partition coefficient (Wildman–Crippen LogP) is 2.01. The smallest absolute Gasteiger partial charge is 0.235 e. The quantitative estimate of drug-likeness (QED) is 0.692. The molecule has 0 saturated carbocycles. The minimum absolute atomic E-state index is 0.0439. The van der Waals surface area contributed by atoms with Gasteiger partial charge in [0.1, 0.15) is 0 Å². The molecular weight excluding hydrogens is 212 g/mol. The molecule has 0 heterocycles. The molecule has 0 aliphatic rings. The zero-order valence-electron chi connectivity index (χ0n) is 8.50. The van der Waals surface area contributed by atoms with Gasteiger partial charge in [-0.15, -0.1) is 0 Å². The summed E-state index contributed by atoms with van der Waals surface area (Å²) in [6, 6.07) is 0. The number of halogens is 1. The highest BCUT2D eigenvalue weighted by Crippen LogP contribution is 2.23. The Labute approximate surface area is 84.8 Å². The van der Waals surface area contributed by atoms with Crippen molar-refractivity contribution in [1.82, 2.24) is 0 Å². The van der Waals surface area contributed by atoms with Crippen LogP contribution >= 0.6 is 10.7 Å². The molecule has 1 atom stereocenters. The molecule has 0 amide bonds. The Morgan fingerprint density at radius 3 is 2.08 bits per heavy atom. The third kappa shape index (κ3) is 8.53. The van der Waals surface area contributed by atoms with Crippen molar-refractivity contribution in [2.75, 3.05) is 12.9 Å². The van der Waals surface area contributed by atoms with E-state index in [4.69, 9.17) is 15.4 Å². The highest BCUT2D eigenvalue weighted by Gasteiger charge is 2.22. The maximum Gasteiger partial charge on any atom is 0.235 e. The first-order valence-electron chi connectivity index (χ1n) is 4.09. The SMILES string of the molecule is COC(CC(C)(C)C)CS(=O)(=O)Cl. The monoisotopic (exact) mass is 228 g/mol. The fourth-order valence-electron chi connectivity index (χ4n) is 1.12. The van der Waals surface area contributed by atoms with Crippen molar-refractivity contribution in [2.45, 2.75) is 33.3 Å². The number of ether oxygens (including phenoxy) is 1. The average molecular weight is 229 g/mol. The average Bonchev–Trinajstić information content (AvgIpc) is 1.79. The second kappa shape index (κ2) is 4.62. The van der Waals surface area contributed by atoms with E-state index in [0.717, 1.165) is 0 Å². The van der Waals surface area contributed by atoms with E-state index in [9.17, 15) is 8.42 Å². The van der Waals surface area contributed by atoms with E-state index in [2.05, 4.69) is 0 Å². The molecule has 0 fully saturated rings. The molecule has 0 saturated heterocycles. The normalized spacial score (nSPS) is 15.8. The van der Waals surface area contributed by atoms with Gasteiger partial charge in [-0.2, -0.15) is 0 Å². The summed E-state index contributed by atoms with van der Waals surface area (Å²) in [6.45, 7) is 6.08. The second-order valence-corrected chi connectivity index (χ2v) is 7.15. The Morgan fingerprint density at radius 2 is 1.85 bits per heavy atom. The molecule has 5 heteroatoms. The van der Waals surface area contributed by atoms with Crippen LogP contribution in [0.15, 0.2) is 0 Å². The molecule has 0 aliphatic heterocycles. The van der Waals surface area contributed by atoms with Gasteiger partial charge >= 0.3 is 0 Å². The Morgan fingerprint density at radius 1 is 1.38 bits per heavy atom. The zero-order chi connectivity index (χ0) is 10.7. The van der Waals surface area contributed by atoms with Crippen LogP contribution in [0.25, 0.3) is 0 Å². The first-order valence-corrected chi connectivity index (χ1v) is 6.57. The molecule has 0 aliphatic carbocycles. The molecule has 3 nitrogen and oxygen atoms in total. The lowest BCUT2D eigenvalue weighted by Crippen LogP contribution is -2.25. The summed E-state index contributed by atoms with van der Waals surface area (Å²) in [7, 11) is 3.17. The Bertz CT molecular complexity index is 241. The third-order valence-corrected chi connectivity index (χ3v) is 2.71. The van der Waals surface area contributed by atoms with Crippen molar-refractivity contribution < 1.29 is 13.2 Å². The van der Waals surface area contributed by atoms with Crippen LogP contribution in [0.3, 0.4) is 0 Å². The minimum atomic E-state index is -3.46. The molecule has 0 rings (SSSR count). The largest absolute Gasteiger partial charge is 0.380 e. The van der Waals surface area contributed by atoms with Crippen LogP contribution in [0.2, 0.25) is 0 Å². The standard InChI is InChI=1S/C8H17ClO3S/c1-8(2,3)5-7(12-4)6-13(9,10)11/h7H,5-6H2,1-4H3. The van der Waals surface area contributed by atoms with Gasteiger partial charge in [0.2, 0.25) is 9.05 Å². The summed E-state index contributed by atoms with van der Waals surface area (Å²) in [6.07, 6.45) is 0.359. The summed E-state index contributed by atoms with van der Waals surface area (Å²) >= 11 is 0. The summed E-state index contributed by atoms with van der Waals surface area (Å²) in [4.78, 5) is 0. The highest BCUT2D eigenvalue weighted by atomic mass is 35.7. The molecule has 13 heavy (non-hydrogen) atoms. The van der Waals surface area contributed by atoms with Gasteiger partial charge in [0.05, 0.1) is 11.9 Å². The lowest BCUT2D eigenvalue weighted by molar-refractivity contribution is 0.0831. The summed E-state index contributed by atoms with van der Waals surface area (Å²) in [5.41, 5.74) is 0.0439. The van der Waals surface area contributed by atoms with Crippen LogP contribution < -0.4 is 0 Å². The van der Waals surface area contributed by atoms with Crippen molar-refractivity contribution in [3.8, 4) is 0 Å². The summed E-state index contributed by atoms with van der Waals surface area (Å²) < 4.78 is 26.6. The van der Waals surface area contributed by atoms with Crippen molar-refractivity contribution in [3.63, 3.8) is 0 Å². The van der Waals surface area contributed by atoms with Gasteiger partial charge in [0.25, 0.3) is 0 Å². The van der Waals surface area contributed by atoms with Crippen molar-refractivity contribution in [1.29, 1.82) is 0 Å². The molecule has 0 aromatic rings. The van der Waals surface area contributed by atoms with E-state index in [-0.39, 0.29) is 17.3 Å². The van der Waals surface area contributed by atoms with Gasteiger partial charge < -0.3 is 4.74 Å². The van der Waals surface area contributed by atoms with E-state index in [1.165, 1.54) is 7.11 Å². The Kier molecular flexibility index (Phi) is 4.69. The van der Waals surface area contributed by atoms with E-state index in [1.54, 1.807) is 0 Å². The minimum Gasteiger partial charge on any atom is -0.380 e. The fraction of sp³-hybridized carbons (Fsp3) is 1.00. The maximum atomic E-state index is 10.8. The van der Waals surface area contributed by atoms with Crippen molar-refractivity contribution in [2.24, 2.45) is 5.41 Å². The van der Waals surface area contributed by atoms with Gasteiger partial charge in [-0.25, -0.2) is 8.42 Å². The lowest BCUT2D eigenvalue weighted by Gasteiger charge is -2.23. The predicted molar refractivity (Wildman–Crippen MR) is 54.5 cm³/mol. The van der Waals surface area contributed by atoms with Crippen LogP contribution in [0.1, 0.15) is 27.2 Å². The lowest BCUT2D eigenvalue weighted by atomic mass is 9.90. The van der Waals surface area contributed by atoms with E-state index in [0.29, 0.717) is 6.42 Å². The van der Waals surface area contributed by atoms with Gasteiger partial charge in [0, 0.05) is 17.8 Å². The fourth-order valence-corrected chi connectivity index (χ4v) is 2.23. The Hall–Kier alpha value is 0.200. The van der Waals surface area contributed by atoms with Gasteiger partial charge in [-0.05, 0) is 11.8 Å². The van der Waals surface area contributed by atoms with Crippen molar-refractivity contribution >= 4 is 19.7 Å². The van der Waals surface area contributed by atoms with Gasteiger partial charge in [-0.1, -0.05) is 20.8 Å². The van der Waals surface area contributed by atoms with Gasteiger partial charge in [0.15, 0.2) is 0 Å². The molecule has 0 aromatic heterocycles. The van der Waals surface area contributed by atoms with E-state index < -0.39 is 9.05 Å². The van der Waals surface area contributed by atoms with Crippen LogP contribution in [0.4, 0.5) is 0 Å². The van der Waals surface area contributed by atoms with Gasteiger partial charge in [-0.3, -0.25) is 0 Å². The summed E-state index contributed by atoms with van der Waals surface area (Å²) in [5, 5.41) is 0. The van der Waals surface area contributed by atoms with Crippen LogP contribution in [-0.4, -0.2) is 27.4 Å². The first kappa shape index (κ1) is 13.2. The molecular formula is C8H17ClO3S. The molecule has 0 aromatic carbocycles. The molecule has 0 N–H and O–H groups in total. The van der Waals surface area contributed by atoms with Crippen molar-refractivity contribution in [3.05, 3.63) is 0 Å². The molecule has 0 radical (unpaired) electrons. The number of methoxy groups -OCH3 is 1. The zero-order valence-corrected chi connectivity index (χ0v) is 10.1. The van der Waals surface area contributed by atoms with Crippen LogP contribution in [-0.2, 0) is 13.8 Å². The molecule has 80 valence electrons. The highest BCUT2D eigenvalue weighted by molar-refractivity contribution is 8.13. The molecule has 1 unspecified atom stereocenters. The second-order valence-electron chi connectivity index (χ2n) is 4.33. The topological polar surface area (TPSA) is 43.4 Å². The number of hydrogen-bond donors (Lipinski definition) is 0. The van der Waals surface area contributed by atoms with E-state index in [1.807, 2.05) is 20.8 Å². The molecule has 0 bridgehead atoms. The Balaban J connectivity index is 4.22. The molecule has 0 spiro atoms. The van der Waals surface area contributed by atoms with Crippen LogP contribution in [0.5, 0.6) is 0 Å². The first-order chi connectivity index (χ1) is 5.64. The number of rotatable bonds is 4. The third-order valence-electron chi connectivity index (χ3n) is 1.56. The van der Waals surface area contributed by atoms with E-state index >= 15 is 0 Å².